The van der Waals surface area contributed by atoms with Crippen molar-refractivity contribution in [1.82, 2.24) is 4.98 Å². The highest BCUT2D eigenvalue weighted by atomic mass is 32.1. The van der Waals surface area contributed by atoms with E-state index < -0.39 is 16.8 Å². The number of aryl methyl sites for hydroxylation is 1. The fraction of sp³-hybridized carbons (Fsp3) is 0.643. The number of rotatable bonds is 3. The largest absolute Gasteiger partial charge is 0.550 e. The maximum Gasteiger partial charge on any atom is 0.229 e. The van der Waals surface area contributed by atoms with Gasteiger partial charge >= 0.3 is 0 Å². The van der Waals surface area contributed by atoms with Gasteiger partial charge in [-0.15, -0.1) is 11.3 Å². The summed E-state index contributed by atoms with van der Waals surface area (Å²) in [6.45, 7) is 7.18. The number of carbonyl (C=O) groups excluding carboxylic acids is 2. The molecule has 1 aromatic heterocycles. The van der Waals surface area contributed by atoms with Crippen molar-refractivity contribution in [3.05, 3.63) is 11.1 Å². The smallest absolute Gasteiger partial charge is 0.229 e. The maximum atomic E-state index is 12.4. The molecule has 0 unspecified atom stereocenters. The third-order valence-corrected chi connectivity index (χ3v) is 5.72. The Morgan fingerprint density at radius 2 is 2.10 bits per heavy atom. The van der Waals surface area contributed by atoms with E-state index in [4.69, 9.17) is 0 Å². The molecular formula is C14H19N2O3S-. The van der Waals surface area contributed by atoms with E-state index in [0.717, 1.165) is 5.69 Å². The van der Waals surface area contributed by atoms with Crippen molar-refractivity contribution in [2.24, 2.45) is 16.7 Å². The molecule has 5 nitrogen and oxygen atoms in total. The van der Waals surface area contributed by atoms with E-state index in [2.05, 4.69) is 10.3 Å². The molecule has 2 rings (SSSR count). The lowest BCUT2D eigenvalue weighted by Gasteiger charge is -2.41. The number of hydrogen-bond donors (Lipinski definition) is 1. The van der Waals surface area contributed by atoms with Gasteiger partial charge in [-0.05, 0) is 25.2 Å². The Labute approximate surface area is 122 Å². The Morgan fingerprint density at radius 1 is 1.45 bits per heavy atom. The zero-order valence-corrected chi connectivity index (χ0v) is 13.0. The quantitative estimate of drug-likeness (QED) is 0.918. The maximum absolute atomic E-state index is 12.4. The van der Waals surface area contributed by atoms with E-state index in [1.54, 1.807) is 6.92 Å². The topological polar surface area (TPSA) is 82.1 Å². The van der Waals surface area contributed by atoms with Crippen molar-refractivity contribution in [3.63, 3.8) is 0 Å². The van der Waals surface area contributed by atoms with Crippen molar-refractivity contribution in [2.45, 2.75) is 40.5 Å². The van der Waals surface area contributed by atoms with Crippen LogP contribution in [0.5, 0.6) is 0 Å². The third-order valence-electron chi connectivity index (χ3n) is 4.84. The number of carboxylic acid groups (broad SMARTS) is 1. The van der Waals surface area contributed by atoms with Gasteiger partial charge in [0.25, 0.3) is 0 Å². The second-order valence-corrected chi connectivity index (χ2v) is 7.07. The van der Waals surface area contributed by atoms with Crippen LogP contribution in [0.2, 0.25) is 0 Å². The minimum Gasteiger partial charge on any atom is -0.550 e. The van der Waals surface area contributed by atoms with Crippen LogP contribution < -0.4 is 10.4 Å². The average molecular weight is 295 g/mol. The average Bonchev–Trinajstić information content (AvgIpc) is 2.83. The molecule has 1 amide bonds. The monoisotopic (exact) mass is 295 g/mol. The predicted molar refractivity (Wildman–Crippen MR) is 75.1 cm³/mol. The molecule has 20 heavy (non-hydrogen) atoms. The van der Waals surface area contributed by atoms with Gasteiger partial charge in [-0.25, -0.2) is 4.98 Å². The van der Waals surface area contributed by atoms with Gasteiger partial charge in [0.2, 0.25) is 5.91 Å². The molecule has 0 aromatic carbocycles. The fourth-order valence-electron chi connectivity index (χ4n) is 2.93. The molecule has 1 aliphatic carbocycles. The number of anilines is 1. The van der Waals surface area contributed by atoms with Crippen LogP contribution in [0.1, 0.15) is 39.3 Å². The lowest BCUT2D eigenvalue weighted by atomic mass is 9.65. The highest BCUT2D eigenvalue weighted by molar-refractivity contribution is 7.13. The van der Waals surface area contributed by atoms with Crippen LogP contribution in [0.15, 0.2) is 5.38 Å². The second kappa shape index (κ2) is 4.84. The lowest BCUT2D eigenvalue weighted by molar-refractivity contribution is -0.323. The van der Waals surface area contributed by atoms with Crippen molar-refractivity contribution >= 4 is 28.3 Å². The zero-order chi connectivity index (χ0) is 15.1. The molecule has 6 heteroatoms. The molecular weight excluding hydrogens is 276 g/mol. The van der Waals surface area contributed by atoms with E-state index >= 15 is 0 Å². The molecule has 1 fully saturated rings. The molecule has 0 spiro atoms. The number of nitrogens with zero attached hydrogens (tertiary/aromatic N) is 1. The summed E-state index contributed by atoms with van der Waals surface area (Å²) in [6, 6.07) is 0. The normalized spacial score (nSPS) is 28.3. The number of nitrogens with one attached hydrogen (secondary N) is 1. The van der Waals surface area contributed by atoms with Crippen LogP contribution in [0.25, 0.3) is 0 Å². The standard InChI is InChI=1S/C14H20N2O3S/c1-8-7-20-12(15-8)16-10(17)9-5-6-14(4,11(18)19)13(9,2)3/h7,9H,5-6H2,1-4H3,(H,18,19)(H,15,16,17)/p-1/t9-,14-/m0/s1. The Bertz CT molecular complexity index is 552. The Hall–Kier alpha value is -1.43. The molecule has 0 radical (unpaired) electrons. The Kier molecular flexibility index (Phi) is 3.62. The van der Waals surface area contributed by atoms with Crippen LogP contribution in [0, 0.1) is 23.7 Å². The molecule has 2 atom stereocenters. The second-order valence-electron chi connectivity index (χ2n) is 6.22. The summed E-state index contributed by atoms with van der Waals surface area (Å²) < 4.78 is 0. The van der Waals surface area contributed by atoms with Crippen molar-refractivity contribution < 1.29 is 14.7 Å². The number of carbonyl (C=O) groups is 2. The molecule has 0 aliphatic heterocycles. The van der Waals surface area contributed by atoms with Gasteiger partial charge in [0.15, 0.2) is 5.13 Å². The zero-order valence-electron chi connectivity index (χ0n) is 12.1. The van der Waals surface area contributed by atoms with E-state index in [9.17, 15) is 14.7 Å². The number of thiazole rings is 1. The van der Waals surface area contributed by atoms with Crippen LogP contribution in [0.3, 0.4) is 0 Å². The molecule has 1 aliphatic rings. The van der Waals surface area contributed by atoms with E-state index in [0.29, 0.717) is 18.0 Å². The summed E-state index contributed by atoms with van der Waals surface area (Å²) >= 11 is 1.37. The van der Waals surface area contributed by atoms with Gasteiger partial charge < -0.3 is 15.2 Å². The minimum absolute atomic E-state index is 0.158. The number of carboxylic acids is 1. The van der Waals surface area contributed by atoms with Crippen LogP contribution in [0.4, 0.5) is 5.13 Å². The van der Waals surface area contributed by atoms with Gasteiger partial charge in [-0.2, -0.15) is 0 Å². The van der Waals surface area contributed by atoms with Crippen LogP contribution in [-0.2, 0) is 9.59 Å². The molecule has 1 heterocycles. The molecule has 0 bridgehead atoms. The van der Waals surface area contributed by atoms with Gasteiger partial charge in [-0.1, -0.05) is 20.8 Å². The Morgan fingerprint density at radius 3 is 2.55 bits per heavy atom. The Balaban J connectivity index is 2.18. The van der Waals surface area contributed by atoms with E-state index in [-0.39, 0.29) is 11.8 Å². The van der Waals surface area contributed by atoms with Crippen LogP contribution in [-0.4, -0.2) is 16.9 Å². The van der Waals surface area contributed by atoms with Gasteiger partial charge in [0, 0.05) is 22.7 Å². The number of hydrogen-bond acceptors (Lipinski definition) is 5. The van der Waals surface area contributed by atoms with Gasteiger partial charge in [-0.3, -0.25) is 4.79 Å². The number of aromatic nitrogens is 1. The molecule has 1 aromatic rings. The van der Waals surface area contributed by atoms with E-state index in [1.165, 1.54) is 11.3 Å². The van der Waals surface area contributed by atoms with Crippen molar-refractivity contribution in [3.8, 4) is 0 Å². The first kappa shape index (κ1) is 15.0. The molecule has 1 N–H and O–H groups in total. The van der Waals surface area contributed by atoms with Gasteiger partial charge in [0.1, 0.15) is 0 Å². The first-order valence-corrected chi connectivity index (χ1v) is 7.51. The summed E-state index contributed by atoms with van der Waals surface area (Å²) in [5.74, 6) is -1.59. The summed E-state index contributed by atoms with van der Waals surface area (Å²) in [5.41, 5.74) is -0.772. The van der Waals surface area contributed by atoms with E-state index in [1.807, 2.05) is 26.2 Å². The first-order chi connectivity index (χ1) is 9.18. The summed E-state index contributed by atoms with van der Waals surface area (Å²) in [4.78, 5) is 28.0. The molecule has 0 saturated heterocycles. The molecule has 1 saturated carbocycles. The molecule has 110 valence electrons. The summed E-state index contributed by atoms with van der Waals surface area (Å²) in [6.07, 6.45) is 1.00. The first-order valence-electron chi connectivity index (χ1n) is 6.63. The highest BCUT2D eigenvalue weighted by Crippen LogP contribution is 2.55. The third kappa shape index (κ3) is 2.22. The highest BCUT2D eigenvalue weighted by Gasteiger charge is 2.54. The van der Waals surface area contributed by atoms with Gasteiger partial charge in [0.05, 0.1) is 5.69 Å². The summed E-state index contributed by atoms with van der Waals surface area (Å²) in [7, 11) is 0. The SMILES string of the molecule is Cc1csc(NC(=O)[C@@H]2CC[C@@](C)(C(=O)[O-])C2(C)C)n1. The van der Waals surface area contributed by atoms with Crippen molar-refractivity contribution in [1.29, 1.82) is 0 Å². The fourth-order valence-corrected chi connectivity index (χ4v) is 3.62. The van der Waals surface area contributed by atoms with Crippen molar-refractivity contribution in [2.75, 3.05) is 5.32 Å². The summed E-state index contributed by atoms with van der Waals surface area (Å²) in [5, 5.41) is 16.6. The minimum atomic E-state index is -1.08. The number of aliphatic carboxylic acids is 1. The van der Waals surface area contributed by atoms with Crippen LogP contribution >= 0.6 is 11.3 Å². The lowest BCUT2D eigenvalue weighted by Crippen LogP contribution is -2.49. The predicted octanol–water partition coefficient (Wildman–Crippen LogP) is 1.58. The number of amides is 1.